The second-order valence-electron chi connectivity index (χ2n) is 11.7. The lowest BCUT2D eigenvalue weighted by Crippen LogP contribution is -2.56. The molecule has 4 heterocycles. The fourth-order valence-electron chi connectivity index (χ4n) is 5.69. The number of carbonyl (C=O) groups excluding carboxylic acids is 2. The van der Waals surface area contributed by atoms with E-state index in [1.54, 1.807) is 17.2 Å². The van der Waals surface area contributed by atoms with Crippen molar-refractivity contribution in [1.82, 2.24) is 19.9 Å². The highest BCUT2D eigenvalue weighted by Gasteiger charge is 2.38. The standard InChI is InChI=1S/C30H36N6O4/c1-20-7-5-8-22-10-13-32-27(26(20)22)36(24-9-6-14-35(19-24)29(38)39-30(2,3)4)28(37)34-15-11-21(12-16-34)25-17-23(18-31)33-40-25/h5,7-8,10,13,17,21,24H,6,9,11-12,14-16,19H2,1-4H3/t24-/m1/s1. The number of amides is 3. The second kappa shape index (κ2) is 11.2. The van der Waals surface area contributed by atoms with Gasteiger partial charge in [0.25, 0.3) is 0 Å². The van der Waals surface area contributed by atoms with Crippen molar-refractivity contribution in [1.29, 1.82) is 5.26 Å². The number of pyridine rings is 1. The van der Waals surface area contributed by atoms with Gasteiger partial charge < -0.3 is 19.1 Å². The summed E-state index contributed by atoms with van der Waals surface area (Å²) in [6.07, 6.45) is 4.30. The number of ether oxygens (including phenoxy) is 1. The zero-order valence-corrected chi connectivity index (χ0v) is 23.6. The normalized spacial score (nSPS) is 18.4. The molecule has 3 aromatic rings. The highest BCUT2D eigenvalue weighted by molar-refractivity contribution is 6.03. The zero-order chi connectivity index (χ0) is 28.4. The Labute approximate surface area is 234 Å². The van der Waals surface area contributed by atoms with Crippen LogP contribution < -0.4 is 4.90 Å². The van der Waals surface area contributed by atoms with Crippen LogP contribution in [0.15, 0.2) is 41.1 Å². The number of hydrogen-bond donors (Lipinski definition) is 0. The van der Waals surface area contributed by atoms with Crippen molar-refractivity contribution in [2.24, 2.45) is 0 Å². The highest BCUT2D eigenvalue weighted by Crippen LogP contribution is 2.34. The zero-order valence-electron chi connectivity index (χ0n) is 23.6. The topological polar surface area (TPSA) is 116 Å². The number of hydrogen-bond acceptors (Lipinski definition) is 7. The van der Waals surface area contributed by atoms with Crippen LogP contribution in [0.25, 0.3) is 10.8 Å². The van der Waals surface area contributed by atoms with E-state index in [4.69, 9.17) is 19.5 Å². The number of benzene rings is 1. The maximum Gasteiger partial charge on any atom is 0.410 e. The number of carbonyl (C=O) groups is 2. The first-order valence-corrected chi connectivity index (χ1v) is 13.9. The second-order valence-corrected chi connectivity index (χ2v) is 11.7. The van der Waals surface area contributed by atoms with E-state index < -0.39 is 5.60 Å². The van der Waals surface area contributed by atoms with Crippen molar-refractivity contribution < 1.29 is 18.8 Å². The van der Waals surface area contributed by atoms with E-state index in [-0.39, 0.29) is 29.8 Å². The van der Waals surface area contributed by atoms with Crippen LogP contribution in [0.2, 0.25) is 0 Å². The summed E-state index contributed by atoms with van der Waals surface area (Å²) in [7, 11) is 0. The molecule has 0 bridgehead atoms. The summed E-state index contributed by atoms with van der Waals surface area (Å²) in [4.78, 5) is 37.5. The molecule has 2 saturated heterocycles. The Balaban J connectivity index is 1.44. The van der Waals surface area contributed by atoms with E-state index in [1.165, 1.54) is 0 Å². The van der Waals surface area contributed by atoms with E-state index in [0.29, 0.717) is 50.6 Å². The van der Waals surface area contributed by atoms with Crippen LogP contribution in [0.4, 0.5) is 15.4 Å². The average Bonchev–Trinajstić information content (AvgIpc) is 3.42. The molecule has 3 amide bonds. The van der Waals surface area contributed by atoms with E-state index in [2.05, 4.69) is 5.16 Å². The first kappa shape index (κ1) is 27.4. The minimum absolute atomic E-state index is 0.0994. The predicted molar refractivity (Wildman–Crippen MR) is 150 cm³/mol. The molecule has 10 heteroatoms. The van der Waals surface area contributed by atoms with Crippen molar-refractivity contribution in [3.63, 3.8) is 0 Å². The highest BCUT2D eigenvalue weighted by atomic mass is 16.6. The van der Waals surface area contributed by atoms with Crippen molar-refractivity contribution in [2.75, 3.05) is 31.1 Å². The van der Waals surface area contributed by atoms with Crippen molar-refractivity contribution in [3.05, 3.63) is 53.5 Å². The molecule has 0 spiro atoms. The maximum atomic E-state index is 14.4. The Bertz CT molecular complexity index is 1420. The van der Waals surface area contributed by atoms with Gasteiger partial charge in [-0.1, -0.05) is 23.4 Å². The first-order chi connectivity index (χ1) is 19.1. The average molecular weight is 545 g/mol. The summed E-state index contributed by atoms with van der Waals surface area (Å²) in [5.41, 5.74) is 0.704. The largest absolute Gasteiger partial charge is 0.444 e. The Kier molecular flexibility index (Phi) is 7.66. The number of aryl methyl sites for hydroxylation is 1. The third kappa shape index (κ3) is 5.74. The van der Waals surface area contributed by atoms with Gasteiger partial charge in [0.2, 0.25) is 0 Å². The van der Waals surface area contributed by atoms with Crippen LogP contribution in [-0.2, 0) is 4.74 Å². The fraction of sp³-hybridized carbons (Fsp3) is 0.500. The van der Waals surface area contributed by atoms with Crippen molar-refractivity contribution in [3.8, 4) is 6.07 Å². The van der Waals surface area contributed by atoms with Crippen molar-refractivity contribution in [2.45, 2.75) is 70.9 Å². The van der Waals surface area contributed by atoms with Gasteiger partial charge in [-0.15, -0.1) is 0 Å². The fourth-order valence-corrected chi connectivity index (χ4v) is 5.69. The number of rotatable bonds is 3. The Morgan fingerprint density at radius 2 is 1.90 bits per heavy atom. The Hall–Kier alpha value is -4.13. The molecular formula is C30H36N6O4. The van der Waals surface area contributed by atoms with Crippen LogP contribution in [0.1, 0.15) is 69.4 Å². The summed E-state index contributed by atoms with van der Waals surface area (Å²) in [6.45, 7) is 9.63. The molecule has 0 N–H and O–H groups in total. The molecule has 5 rings (SSSR count). The summed E-state index contributed by atoms with van der Waals surface area (Å²) in [5, 5.41) is 14.8. The Morgan fingerprint density at radius 1 is 1.12 bits per heavy atom. The van der Waals surface area contributed by atoms with Crippen LogP contribution in [0.3, 0.4) is 0 Å². The first-order valence-electron chi connectivity index (χ1n) is 13.9. The molecule has 0 radical (unpaired) electrons. The van der Waals surface area contributed by atoms with Gasteiger partial charge in [-0.05, 0) is 70.4 Å². The lowest BCUT2D eigenvalue weighted by molar-refractivity contribution is 0.0197. The van der Waals surface area contributed by atoms with Gasteiger partial charge in [0.15, 0.2) is 5.69 Å². The van der Waals surface area contributed by atoms with Gasteiger partial charge in [-0.25, -0.2) is 14.6 Å². The molecule has 2 aliphatic heterocycles. The van der Waals surface area contributed by atoms with Gasteiger partial charge in [-0.3, -0.25) is 4.90 Å². The summed E-state index contributed by atoms with van der Waals surface area (Å²) in [6, 6.07) is 11.3. The molecule has 40 heavy (non-hydrogen) atoms. The lowest BCUT2D eigenvalue weighted by atomic mass is 9.94. The van der Waals surface area contributed by atoms with E-state index >= 15 is 0 Å². The summed E-state index contributed by atoms with van der Waals surface area (Å²) in [5.74, 6) is 1.40. The quantitative estimate of drug-likeness (QED) is 0.421. The SMILES string of the molecule is Cc1cccc2ccnc(N(C(=O)N3CCC(c4cc(C#N)no4)CC3)[C@@H]3CCCN(C(=O)OC(C)(C)C)C3)c12. The predicted octanol–water partition coefficient (Wildman–Crippen LogP) is 5.61. The van der Waals surface area contributed by atoms with Crippen LogP contribution in [0.5, 0.6) is 0 Å². The smallest absolute Gasteiger partial charge is 0.410 e. The maximum absolute atomic E-state index is 14.4. The molecule has 2 aromatic heterocycles. The molecule has 2 fully saturated rings. The molecule has 0 aliphatic carbocycles. The van der Waals surface area contributed by atoms with Crippen LogP contribution in [-0.4, -0.2) is 69.9 Å². The number of nitriles is 1. The number of aromatic nitrogens is 2. The van der Waals surface area contributed by atoms with Crippen LogP contribution >= 0.6 is 0 Å². The van der Waals surface area contributed by atoms with Gasteiger partial charge in [0, 0.05) is 49.7 Å². The van der Waals surface area contributed by atoms with Gasteiger partial charge >= 0.3 is 12.1 Å². The van der Waals surface area contributed by atoms with E-state index in [0.717, 1.165) is 29.2 Å². The molecular weight excluding hydrogens is 508 g/mol. The minimum atomic E-state index is -0.601. The number of likely N-dealkylation sites (tertiary alicyclic amines) is 2. The summed E-state index contributed by atoms with van der Waals surface area (Å²) < 4.78 is 11.1. The number of fused-ring (bicyclic) bond motifs is 1. The third-order valence-corrected chi connectivity index (χ3v) is 7.64. The van der Waals surface area contributed by atoms with Crippen LogP contribution in [0, 0.1) is 18.3 Å². The van der Waals surface area contributed by atoms with Gasteiger partial charge in [0.1, 0.15) is 23.2 Å². The lowest BCUT2D eigenvalue weighted by Gasteiger charge is -2.42. The summed E-state index contributed by atoms with van der Waals surface area (Å²) >= 11 is 0. The molecule has 1 atom stereocenters. The Morgan fingerprint density at radius 3 is 2.60 bits per heavy atom. The number of anilines is 1. The molecule has 0 saturated carbocycles. The molecule has 0 unspecified atom stereocenters. The van der Waals surface area contributed by atoms with Crippen molar-refractivity contribution >= 4 is 28.7 Å². The van der Waals surface area contributed by atoms with Gasteiger partial charge in [0.05, 0.1) is 6.04 Å². The van der Waals surface area contributed by atoms with E-state index in [9.17, 15) is 9.59 Å². The minimum Gasteiger partial charge on any atom is -0.444 e. The van der Waals surface area contributed by atoms with E-state index in [1.807, 2.05) is 67.8 Å². The third-order valence-electron chi connectivity index (χ3n) is 7.64. The van der Waals surface area contributed by atoms with Gasteiger partial charge in [-0.2, -0.15) is 5.26 Å². The molecule has 1 aromatic carbocycles. The monoisotopic (exact) mass is 544 g/mol. The molecule has 210 valence electrons. The number of urea groups is 1. The molecule has 10 nitrogen and oxygen atoms in total. The number of nitrogens with zero attached hydrogens (tertiary/aromatic N) is 6. The molecule has 2 aliphatic rings. The number of piperidine rings is 2.